The first-order valence-electron chi connectivity index (χ1n) is 18.7. The Labute approximate surface area is 318 Å². The molecular weight excluding hydrogens is 673 g/mol. The van der Waals surface area contributed by atoms with Crippen LogP contribution in [0.4, 0.5) is 22.7 Å². The van der Waals surface area contributed by atoms with Crippen LogP contribution >= 0.6 is 0 Å². The van der Waals surface area contributed by atoms with E-state index in [4.69, 9.17) is 9.15 Å². The van der Waals surface area contributed by atoms with E-state index in [0.717, 1.165) is 88.7 Å². The van der Waals surface area contributed by atoms with Gasteiger partial charge in [-0.1, -0.05) is 140 Å². The Morgan fingerprint density at radius 1 is 0.455 bits per heavy atom. The second-order valence-electron chi connectivity index (χ2n) is 14.1. The van der Waals surface area contributed by atoms with Crippen LogP contribution in [0.15, 0.2) is 199 Å². The fourth-order valence-corrected chi connectivity index (χ4v) is 8.33. The molecule has 0 spiro atoms. The maximum absolute atomic E-state index is 6.71. The van der Waals surface area contributed by atoms with Crippen LogP contribution < -0.4 is 15.0 Å². The number of rotatable bonds is 6. The molecule has 2 heterocycles. The van der Waals surface area contributed by atoms with E-state index >= 15 is 0 Å². The number of para-hydroxylation sites is 1. The maximum Gasteiger partial charge on any atom is 0.196 e. The highest BCUT2D eigenvalue weighted by atomic mass is 16.5. The summed E-state index contributed by atoms with van der Waals surface area (Å²) in [4.78, 5) is 2.37. The van der Waals surface area contributed by atoms with Crippen LogP contribution in [0, 0.1) is 0 Å². The van der Waals surface area contributed by atoms with Crippen molar-refractivity contribution in [3.8, 4) is 28.0 Å². The van der Waals surface area contributed by atoms with Gasteiger partial charge in [-0.05, 0) is 87.6 Å². The van der Waals surface area contributed by atoms with E-state index in [1.54, 1.807) is 0 Å². The molecular formula is C51H34N2O2. The van der Waals surface area contributed by atoms with Crippen molar-refractivity contribution in [2.24, 2.45) is 0 Å². The van der Waals surface area contributed by atoms with Crippen LogP contribution in [0.1, 0.15) is 11.8 Å². The third kappa shape index (κ3) is 5.22. The van der Waals surface area contributed by atoms with Gasteiger partial charge >= 0.3 is 0 Å². The molecule has 11 rings (SSSR count). The maximum atomic E-state index is 6.71. The average molecular weight is 707 g/mol. The summed E-state index contributed by atoms with van der Waals surface area (Å²) in [6.07, 6.45) is -0.245. The zero-order valence-electron chi connectivity index (χ0n) is 29.8. The van der Waals surface area contributed by atoms with Gasteiger partial charge in [0.25, 0.3) is 0 Å². The number of benzene rings is 9. The van der Waals surface area contributed by atoms with Crippen molar-refractivity contribution in [1.82, 2.24) is 0 Å². The number of fused-ring (bicyclic) bond motifs is 8. The van der Waals surface area contributed by atoms with E-state index in [1.165, 1.54) is 11.1 Å². The Bertz CT molecular complexity index is 3050. The van der Waals surface area contributed by atoms with E-state index in [9.17, 15) is 0 Å². The highest BCUT2D eigenvalue weighted by molar-refractivity contribution is 6.17. The van der Waals surface area contributed by atoms with Crippen LogP contribution in [0.5, 0.6) is 5.75 Å². The summed E-state index contributed by atoms with van der Waals surface area (Å²) in [6.45, 7) is 0. The van der Waals surface area contributed by atoms with Gasteiger partial charge in [-0.15, -0.1) is 0 Å². The molecule has 4 heteroatoms. The highest BCUT2D eigenvalue weighted by Crippen LogP contribution is 2.48. The minimum absolute atomic E-state index is 0.245. The van der Waals surface area contributed by atoms with Gasteiger partial charge in [-0.3, -0.25) is 0 Å². The molecule has 0 amide bonds. The molecule has 4 nitrogen and oxygen atoms in total. The molecule has 1 aromatic heterocycles. The van der Waals surface area contributed by atoms with Crippen molar-refractivity contribution in [1.29, 1.82) is 0 Å². The summed E-state index contributed by atoms with van der Waals surface area (Å²) in [5, 5.41) is 10.4. The van der Waals surface area contributed by atoms with E-state index in [2.05, 4.69) is 198 Å². The molecule has 0 fully saturated rings. The molecule has 10 aromatic rings. The van der Waals surface area contributed by atoms with E-state index in [-0.39, 0.29) is 6.23 Å². The Morgan fingerprint density at radius 3 is 2.04 bits per heavy atom. The summed E-state index contributed by atoms with van der Waals surface area (Å²) >= 11 is 0. The van der Waals surface area contributed by atoms with Crippen molar-refractivity contribution >= 4 is 66.2 Å². The second kappa shape index (κ2) is 12.7. The average Bonchev–Trinajstić information content (AvgIpc) is 3.87. The number of hydrogen-bond acceptors (Lipinski definition) is 4. The van der Waals surface area contributed by atoms with Crippen LogP contribution in [-0.4, -0.2) is 0 Å². The topological polar surface area (TPSA) is 37.6 Å². The summed E-state index contributed by atoms with van der Waals surface area (Å²) in [5.41, 5.74) is 11.7. The number of hydrogen-bond donors (Lipinski definition) is 1. The fraction of sp³-hybridized carbons (Fsp3) is 0.0196. The van der Waals surface area contributed by atoms with Crippen LogP contribution in [0.2, 0.25) is 0 Å². The Hall–Kier alpha value is -7.30. The predicted molar refractivity (Wildman–Crippen MR) is 228 cm³/mol. The van der Waals surface area contributed by atoms with Gasteiger partial charge in [0.05, 0.1) is 11.4 Å². The minimum Gasteiger partial charge on any atom is -0.464 e. The lowest BCUT2D eigenvalue weighted by Gasteiger charge is -2.27. The molecule has 260 valence electrons. The van der Waals surface area contributed by atoms with Gasteiger partial charge < -0.3 is 19.4 Å². The summed E-state index contributed by atoms with van der Waals surface area (Å²) in [6, 6.07) is 68.6. The fourth-order valence-electron chi connectivity index (χ4n) is 8.33. The van der Waals surface area contributed by atoms with E-state index in [1.807, 2.05) is 6.07 Å². The highest BCUT2D eigenvalue weighted by Gasteiger charge is 2.27. The number of anilines is 4. The molecule has 9 aromatic carbocycles. The zero-order chi connectivity index (χ0) is 36.3. The lowest BCUT2D eigenvalue weighted by Crippen LogP contribution is -2.10. The molecule has 1 aliphatic heterocycles. The number of nitrogens with one attached hydrogen (secondary N) is 1. The molecule has 1 atom stereocenters. The van der Waals surface area contributed by atoms with Gasteiger partial charge in [0, 0.05) is 38.5 Å². The summed E-state index contributed by atoms with van der Waals surface area (Å²) in [7, 11) is 0. The molecule has 0 radical (unpaired) electrons. The van der Waals surface area contributed by atoms with Gasteiger partial charge in [0.15, 0.2) is 12.0 Å². The molecule has 0 saturated heterocycles. The third-order valence-corrected chi connectivity index (χ3v) is 10.9. The third-order valence-electron chi connectivity index (χ3n) is 10.9. The van der Waals surface area contributed by atoms with Gasteiger partial charge in [0.2, 0.25) is 0 Å². The van der Waals surface area contributed by atoms with Crippen LogP contribution in [-0.2, 0) is 0 Å². The van der Waals surface area contributed by atoms with E-state index in [0.29, 0.717) is 0 Å². The van der Waals surface area contributed by atoms with Crippen molar-refractivity contribution in [3.63, 3.8) is 0 Å². The minimum atomic E-state index is -0.245. The monoisotopic (exact) mass is 706 g/mol. The lowest BCUT2D eigenvalue weighted by atomic mass is 9.96. The predicted octanol–water partition coefficient (Wildman–Crippen LogP) is 14.2. The van der Waals surface area contributed by atoms with Crippen LogP contribution in [0.25, 0.3) is 65.7 Å². The first-order chi connectivity index (χ1) is 27.3. The van der Waals surface area contributed by atoms with Gasteiger partial charge in [0.1, 0.15) is 11.2 Å². The lowest BCUT2D eigenvalue weighted by molar-refractivity contribution is 0.263. The smallest absolute Gasteiger partial charge is 0.196 e. The number of furan rings is 1. The Balaban J connectivity index is 1.07. The summed E-state index contributed by atoms with van der Waals surface area (Å²) < 4.78 is 13.2. The van der Waals surface area contributed by atoms with Crippen molar-refractivity contribution in [2.45, 2.75) is 6.23 Å². The zero-order valence-corrected chi connectivity index (χ0v) is 29.8. The molecule has 0 aliphatic carbocycles. The van der Waals surface area contributed by atoms with E-state index < -0.39 is 0 Å². The molecule has 0 saturated carbocycles. The first kappa shape index (κ1) is 31.2. The normalized spacial score (nSPS) is 13.6. The molecule has 0 bridgehead atoms. The molecule has 1 N–H and O–H groups in total. The number of nitrogens with zero attached hydrogens (tertiary/aromatic N) is 1. The second-order valence-corrected chi connectivity index (χ2v) is 14.1. The Kier molecular flexibility index (Phi) is 7.20. The quantitative estimate of drug-likeness (QED) is 0.175. The molecule has 1 aliphatic rings. The van der Waals surface area contributed by atoms with Gasteiger partial charge in [-0.25, -0.2) is 0 Å². The van der Waals surface area contributed by atoms with Crippen molar-refractivity contribution in [3.05, 3.63) is 200 Å². The molecule has 55 heavy (non-hydrogen) atoms. The first-order valence-corrected chi connectivity index (χ1v) is 18.7. The summed E-state index contributed by atoms with van der Waals surface area (Å²) in [5.74, 6) is 0.887. The Morgan fingerprint density at radius 2 is 1.18 bits per heavy atom. The van der Waals surface area contributed by atoms with Gasteiger partial charge in [-0.2, -0.15) is 0 Å². The van der Waals surface area contributed by atoms with Crippen molar-refractivity contribution in [2.75, 3.05) is 10.2 Å². The standard InChI is InChI=1S/C51H34N2O2/c1-4-13-33(14-5-1)36-27-30-46-43(32-36)49-40(21-12-24-47(49)54-46)37-17-10-20-39(31-37)53(38-18-8-3-9-19-38)45-23-11-22-42-41(45)28-25-34-26-29-44-50(48(34)42)55-51(52-44)35-15-6-2-7-16-35/h1-32,51-52H. The largest absolute Gasteiger partial charge is 0.464 e. The SMILES string of the molecule is c1ccc(-c2ccc3oc4cccc(-c5cccc(N(c6ccccc6)c6cccc7c6ccc6ccc8c(c67)OC(c6ccccc6)N8)c5)c4c3c2)cc1. The number of ether oxygens (including phenoxy) is 1. The molecule has 1 unspecified atom stereocenters. The van der Waals surface area contributed by atoms with Crippen molar-refractivity contribution < 1.29 is 9.15 Å². The van der Waals surface area contributed by atoms with Crippen LogP contribution in [0.3, 0.4) is 0 Å².